The molecule has 1 fully saturated rings. The molecule has 9 heteroatoms. The van der Waals surface area contributed by atoms with E-state index in [0.717, 1.165) is 18.3 Å². The third kappa shape index (κ3) is 2.70. The highest BCUT2D eigenvalue weighted by molar-refractivity contribution is 7.90. The lowest BCUT2D eigenvalue weighted by Gasteiger charge is -2.11. The maximum absolute atomic E-state index is 13.4. The van der Waals surface area contributed by atoms with Crippen LogP contribution in [0, 0.1) is 0 Å². The van der Waals surface area contributed by atoms with E-state index >= 15 is 0 Å². The molecule has 19 heavy (non-hydrogen) atoms. The first-order valence-corrected chi connectivity index (χ1v) is 6.74. The van der Waals surface area contributed by atoms with Crippen molar-refractivity contribution in [3.63, 3.8) is 0 Å². The normalized spacial score (nSPS) is 17.3. The zero-order chi connectivity index (χ0) is 14.3. The average Bonchev–Trinajstić information content (AvgIpc) is 3.08. The van der Waals surface area contributed by atoms with E-state index in [2.05, 4.69) is 4.98 Å². The monoisotopic (exact) mass is 294 g/mol. The van der Waals surface area contributed by atoms with Crippen molar-refractivity contribution < 1.29 is 26.4 Å². The minimum atomic E-state index is -4.61. The third-order valence-electron chi connectivity index (χ3n) is 2.61. The highest BCUT2D eigenvalue weighted by Crippen LogP contribution is 2.40. The number of sulfonamides is 1. The Labute approximate surface area is 106 Å². The van der Waals surface area contributed by atoms with Gasteiger partial charge in [0.15, 0.2) is 10.7 Å². The van der Waals surface area contributed by atoms with Crippen LogP contribution in [0.4, 0.5) is 13.2 Å². The van der Waals surface area contributed by atoms with Gasteiger partial charge in [-0.1, -0.05) is 0 Å². The van der Waals surface area contributed by atoms with E-state index < -0.39 is 38.6 Å². The number of carbonyl (C=O) groups is 1. The van der Waals surface area contributed by atoms with Crippen LogP contribution in [0.15, 0.2) is 23.4 Å². The summed E-state index contributed by atoms with van der Waals surface area (Å²) in [5.74, 6) is -1.35. The minimum absolute atomic E-state index is 0.0850. The minimum Gasteiger partial charge on any atom is -0.270 e. The summed E-state index contributed by atoms with van der Waals surface area (Å²) in [4.78, 5) is 14.6. The summed E-state index contributed by atoms with van der Waals surface area (Å²) in [6, 6.07) is 2.01. The molecule has 2 rings (SSSR count). The van der Waals surface area contributed by atoms with E-state index in [1.54, 1.807) is 0 Å². The number of hydrogen-bond donors (Lipinski definition) is 1. The van der Waals surface area contributed by atoms with Gasteiger partial charge in [-0.25, -0.2) is 22.9 Å². The Morgan fingerprint density at radius 1 is 1.42 bits per heavy atom. The van der Waals surface area contributed by atoms with Crippen LogP contribution >= 0.6 is 0 Å². The molecule has 0 spiro atoms. The quantitative estimate of drug-likeness (QED) is 0.909. The molecule has 1 heterocycles. The van der Waals surface area contributed by atoms with Gasteiger partial charge < -0.3 is 0 Å². The molecule has 0 unspecified atom stereocenters. The summed E-state index contributed by atoms with van der Waals surface area (Å²) >= 11 is 0. The first-order valence-electron chi connectivity index (χ1n) is 5.25. The fourth-order valence-corrected chi connectivity index (χ4v) is 2.58. The standard InChI is InChI=1S/C10H9F3N2O3S/c11-7(12)6-2-1-5-14-8(6)19(17,18)15-9(16)10(13)3-4-10/h1-2,5,7H,3-4H2,(H,15,16). The Bertz CT molecular complexity index is 614. The summed E-state index contributed by atoms with van der Waals surface area (Å²) in [5.41, 5.74) is -3.06. The number of nitrogens with zero attached hydrogens (tertiary/aromatic N) is 1. The van der Waals surface area contributed by atoms with Crippen molar-refractivity contribution in [3.8, 4) is 0 Å². The van der Waals surface area contributed by atoms with Crippen LogP contribution in [0.1, 0.15) is 24.8 Å². The van der Waals surface area contributed by atoms with Crippen LogP contribution in [-0.2, 0) is 14.8 Å². The lowest BCUT2D eigenvalue weighted by atomic mass is 10.3. The Balaban J connectivity index is 2.32. The number of halogens is 3. The Morgan fingerprint density at radius 3 is 2.58 bits per heavy atom. The first-order chi connectivity index (χ1) is 8.76. The molecule has 1 amide bonds. The fourth-order valence-electron chi connectivity index (χ4n) is 1.39. The molecular formula is C10H9F3N2O3S. The van der Waals surface area contributed by atoms with Crippen molar-refractivity contribution in [3.05, 3.63) is 23.9 Å². The molecule has 0 aromatic carbocycles. The van der Waals surface area contributed by atoms with Crippen molar-refractivity contribution in [2.24, 2.45) is 0 Å². The molecule has 0 aliphatic heterocycles. The second-order valence-electron chi connectivity index (χ2n) is 4.10. The Kier molecular flexibility index (Phi) is 3.25. The highest BCUT2D eigenvalue weighted by Gasteiger charge is 2.52. The van der Waals surface area contributed by atoms with Crippen molar-refractivity contribution in [2.45, 2.75) is 30.0 Å². The molecule has 1 aliphatic carbocycles. The molecule has 1 aromatic rings. The van der Waals surface area contributed by atoms with Gasteiger partial charge in [-0.2, -0.15) is 8.42 Å². The average molecular weight is 294 g/mol. The van der Waals surface area contributed by atoms with Crippen molar-refractivity contribution >= 4 is 15.9 Å². The predicted molar refractivity (Wildman–Crippen MR) is 57.6 cm³/mol. The molecule has 1 aliphatic rings. The number of aromatic nitrogens is 1. The van der Waals surface area contributed by atoms with E-state index in [-0.39, 0.29) is 12.8 Å². The summed E-state index contributed by atoms with van der Waals surface area (Å²) in [7, 11) is -4.61. The molecule has 0 atom stereocenters. The van der Waals surface area contributed by atoms with Crippen molar-refractivity contribution in [1.82, 2.24) is 9.71 Å². The Morgan fingerprint density at radius 2 is 2.05 bits per heavy atom. The molecule has 1 aromatic heterocycles. The number of carbonyl (C=O) groups excluding carboxylic acids is 1. The predicted octanol–water partition coefficient (Wildman–Crippen LogP) is 1.33. The number of pyridine rings is 1. The van der Waals surface area contributed by atoms with Gasteiger partial charge in [-0.05, 0) is 25.0 Å². The van der Waals surface area contributed by atoms with Crippen LogP contribution in [0.2, 0.25) is 0 Å². The number of rotatable bonds is 4. The highest BCUT2D eigenvalue weighted by atomic mass is 32.2. The van der Waals surface area contributed by atoms with Gasteiger partial charge >= 0.3 is 0 Å². The van der Waals surface area contributed by atoms with Gasteiger partial charge in [-0.15, -0.1) is 0 Å². The van der Waals surface area contributed by atoms with Gasteiger partial charge in [-0.3, -0.25) is 4.79 Å². The smallest absolute Gasteiger partial charge is 0.270 e. The molecule has 0 saturated heterocycles. The Hall–Kier alpha value is -1.64. The summed E-state index contributed by atoms with van der Waals surface area (Å²) < 4.78 is 63.6. The molecule has 1 saturated carbocycles. The summed E-state index contributed by atoms with van der Waals surface area (Å²) in [6.07, 6.45) is -2.25. The third-order valence-corrected chi connectivity index (χ3v) is 3.92. The second kappa shape index (κ2) is 4.48. The lowest BCUT2D eigenvalue weighted by molar-refractivity contribution is -0.125. The van der Waals surface area contributed by atoms with E-state index in [1.165, 1.54) is 4.72 Å². The molecule has 0 bridgehead atoms. The molecule has 0 radical (unpaired) electrons. The van der Waals surface area contributed by atoms with Gasteiger partial charge in [0.2, 0.25) is 0 Å². The van der Waals surface area contributed by atoms with Crippen LogP contribution in [0.25, 0.3) is 0 Å². The lowest BCUT2D eigenvalue weighted by Crippen LogP contribution is -2.38. The van der Waals surface area contributed by atoms with E-state index in [0.29, 0.717) is 0 Å². The largest absolute Gasteiger partial charge is 0.282 e. The zero-order valence-electron chi connectivity index (χ0n) is 9.44. The van der Waals surface area contributed by atoms with E-state index in [4.69, 9.17) is 0 Å². The number of hydrogen-bond acceptors (Lipinski definition) is 4. The number of nitrogens with one attached hydrogen (secondary N) is 1. The second-order valence-corrected chi connectivity index (χ2v) is 5.70. The number of amides is 1. The van der Waals surface area contributed by atoms with E-state index in [9.17, 15) is 26.4 Å². The SMILES string of the molecule is O=C(NS(=O)(=O)c1ncccc1C(F)F)C1(F)CC1. The van der Waals surface area contributed by atoms with Gasteiger partial charge in [0.05, 0.1) is 5.56 Å². The molecule has 5 nitrogen and oxygen atoms in total. The van der Waals surface area contributed by atoms with Crippen LogP contribution in [-0.4, -0.2) is 25.0 Å². The first kappa shape index (κ1) is 13.8. The van der Waals surface area contributed by atoms with Gasteiger partial charge in [0.25, 0.3) is 22.4 Å². The van der Waals surface area contributed by atoms with Crippen molar-refractivity contribution in [2.75, 3.05) is 0 Å². The fraction of sp³-hybridized carbons (Fsp3) is 0.400. The van der Waals surface area contributed by atoms with Crippen LogP contribution in [0.5, 0.6) is 0 Å². The topological polar surface area (TPSA) is 76.1 Å². The van der Waals surface area contributed by atoms with Gasteiger partial charge in [0.1, 0.15) is 0 Å². The van der Waals surface area contributed by atoms with Crippen LogP contribution < -0.4 is 4.72 Å². The maximum Gasteiger partial charge on any atom is 0.282 e. The maximum atomic E-state index is 13.4. The zero-order valence-corrected chi connectivity index (χ0v) is 10.3. The molecule has 104 valence electrons. The van der Waals surface area contributed by atoms with Crippen LogP contribution in [0.3, 0.4) is 0 Å². The molecule has 1 N–H and O–H groups in total. The number of alkyl halides is 3. The molecular weight excluding hydrogens is 285 g/mol. The summed E-state index contributed by atoms with van der Waals surface area (Å²) in [5, 5.41) is -0.970. The van der Waals surface area contributed by atoms with E-state index in [1.807, 2.05) is 0 Å². The van der Waals surface area contributed by atoms with Gasteiger partial charge in [0, 0.05) is 6.20 Å². The summed E-state index contributed by atoms with van der Waals surface area (Å²) in [6.45, 7) is 0. The van der Waals surface area contributed by atoms with Crippen molar-refractivity contribution in [1.29, 1.82) is 0 Å².